The summed E-state index contributed by atoms with van der Waals surface area (Å²) in [5.74, 6) is 0.801. The van der Waals surface area contributed by atoms with E-state index in [4.69, 9.17) is 5.73 Å². The van der Waals surface area contributed by atoms with Gasteiger partial charge in [0.25, 0.3) is 0 Å². The highest BCUT2D eigenvalue weighted by molar-refractivity contribution is 8.00. The number of sulfonamides is 1. The molecule has 3 N–H and O–H groups in total. The van der Waals surface area contributed by atoms with Crippen LogP contribution in [0, 0.1) is 5.92 Å². The summed E-state index contributed by atoms with van der Waals surface area (Å²) in [5.41, 5.74) is 6.31. The van der Waals surface area contributed by atoms with E-state index in [1.807, 2.05) is 19.1 Å². The van der Waals surface area contributed by atoms with Crippen LogP contribution in [0.4, 0.5) is 5.69 Å². The molecular weight excluding hydrogens is 308 g/mol. The van der Waals surface area contributed by atoms with Crippen molar-refractivity contribution in [2.75, 3.05) is 30.4 Å². The maximum Gasteiger partial charge on any atom is 0.215 e. The zero-order chi connectivity index (χ0) is 15.5. The van der Waals surface area contributed by atoms with Crippen molar-refractivity contribution in [1.29, 1.82) is 0 Å². The zero-order valence-electron chi connectivity index (χ0n) is 12.1. The molecule has 0 aromatic heterocycles. The maximum absolute atomic E-state index is 12.4. The van der Waals surface area contributed by atoms with Crippen LogP contribution < -0.4 is 5.73 Å². The molecule has 1 saturated heterocycles. The van der Waals surface area contributed by atoms with Gasteiger partial charge in [-0.2, -0.15) is 4.31 Å². The van der Waals surface area contributed by atoms with Crippen LogP contribution in [0.25, 0.3) is 0 Å². The van der Waals surface area contributed by atoms with E-state index >= 15 is 0 Å². The zero-order valence-corrected chi connectivity index (χ0v) is 13.7. The number of benzene rings is 1. The van der Waals surface area contributed by atoms with E-state index in [9.17, 15) is 13.5 Å². The number of hydrogen-bond acceptors (Lipinski definition) is 5. The second-order valence-electron chi connectivity index (χ2n) is 5.36. The summed E-state index contributed by atoms with van der Waals surface area (Å²) in [7, 11) is -3.30. The number of rotatable bonds is 6. The third-order valence-corrected chi connectivity index (χ3v) is 7.03. The van der Waals surface area contributed by atoms with E-state index < -0.39 is 10.0 Å². The molecule has 0 aliphatic carbocycles. The summed E-state index contributed by atoms with van der Waals surface area (Å²) < 4.78 is 26.2. The van der Waals surface area contributed by atoms with E-state index in [0.29, 0.717) is 18.0 Å². The first-order chi connectivity index (χ1) is 9.94. The van der Waals surface area contributed by atoms with Gasteiger partial charge in [0.1, 0.15) is 0 Å². The number of nitrogens with zero attached hydrogens (tertiary/aromatic N) is 1. The molecule has 1 aromatic carbocycles. The fourth-order valence-electron chi connectivity index (χ4n) is 2.54. The molecule has 7 heteroatoms. The van der Waals surface area contributed by atoms with Crippen molar-refractivity contribution < 1.29 is 13.5 Å². The van der Waals surface area contributed by atoms with Crippen LogP contribution in [0.15, 0.2) is 29.2 Å². The van der Waals surface area contributed by atoms with Crippen molar-refractivity contribution in [3.63, 3.8) is 0 Å². The number of aliphatic hydroxyl groups excluding tert-OH is 1. The highest BCUT2D eigenvalue weighted by Crippen LogP contribution is 2.27. The summed E-state index contributed by atoms with van der Waals surface area (Å²) in [5, 5.41) is 9.38. The van der Waals surface area contributed by atoms with Crippen molar-refractivity contribution in [2.24, 2.45) is 5.92 Å². The highest BCUT2D eigenvalue weighted by atomic mass is 32.2. The predicted molar refractivity (Wildman–Crippen MR) is 86.7 cm³/mol. The Morgan fingerprint density at radius 3 is 2.67 bits per heavy atom. The molecule has 1 heterocycles. The lowest BCUT2D eigenvalue weighted by Gasteiger charge is -2.24. The Labute approximate surface area is 130 Å². The van der Waals surface area contributed by atoms with Crippen LogP contribution in [0.2, 0.25) is 0 Å². The standard InChI is InChI=1S/C14H22N2O3S2/c1-11-6-7-16(14(11)10-17)21(18,19)9-8-20-13-4-2-12(15)3-5-13/h2-5,11,14,17H,6-10,15H2,1H3. The molecule has 2 unspecified atom stereocenters. The average Bonchev–Trinajstić information content (AvgIpc) is 2.82. The normalized spacial score (nSPS) is 23.5. The largest absolute Gasteiger partial charge is 0.399 e. The van der Waals surface area contributed by atoms with E-state index in [2.05, 4.69) is 0 Å². The van der Waals surface area contributed by atoms with Gasteiger partial charge in [0, 0.05) is 22.9 Å². The number of thioether (sulfide) groups is 1. The summed E-state index contributed by atoms with van der Waals surface area (Å²) in [6, 6.07) is 7.13. The lowest BCUT2D eigenvalue weighted by atomic mass is 10.0. The minimum absolute atomic E-state index is 0.0886. The lowest BCUT2D eigenvalue weighted by Crippen LogP contribution is -2.41. The first-order valence-electron chi connectivity index (χ1n) is 7.03. The van der Waals surface area contributed by atoms with Crippen LogP contribution in [0.5, 0.6) is 0 Å². The number of nitrogen functional groups attached to an aromatic ring is 1. The van der Waals surface area contributed by atoms with Gasteiger partial charge in [0.05, 0.1) is 18.4 Å². The van der Waals surface area contributed by atoms with E-state index in [1.165, 1.54) is 16.1 Å². The fourth-order valence-corrected chi connectivity index (χ4v) is 5.58. The molecule has 1 aliphatic heterocycles. The Kier molecular flexibility index (Phi) is 5.54. The number of anilines is 1. The Morgan fingerprint density at radius 2 is 2.05 bits per heavy atom. The van der Waals surface area contributed by atoms with Gasteiger partial charge < -0.3 is 10.8 Å². The number of hydrogen-bond donors (Lipinski definition) is 2. The molecule has 1 aromatic rings. The fraction of sp³-hybridized carbons (Fsp3) is 0.571. The highest BCUT2D eigenvalue weighted by Gasteiger charge is 2.37. The molecule has 21 heavy (non-hydrogen) atoms. The van der Waals surface area contributed by atoms with Crippen LogP contribution in [-0.4, -0.2) is 48.5 Å². The smallest absolute Gasteiger partial charge is 0.215 e. The van der Waals surface area contributed by atoms with Crippen molar-refractivity contribution in [2.45, 2.75) is 24.3 Å². The van der Waals surface area contributed by atoms with Crippen LogP contribution >= 0.6 is 11.8 Å². The van der Waals surface area contributed by atoms with Crippen LogP contribution in [-0.2, 0) is 10.0 Å². The van der Waals surface area contributed by atoms with Crippen molar-refractivity contribution in [3.05, 3.63) is 24.3 Å². The van der Waals surface area contributed by atoms with Crippen molar-refractivity contribution in [1.82, 2.24) is 4.31 Å². The molecular formula is C14H22N2O3S2. The van der Waals surface area contributed by atoms with Gasteiger partial charge in [-0.25, -0.2) is 8.42 Å². The molecule has 1 fully saturated rings. The van der Waals surface area contributed by atoms with Crippen LogP contribution in [0.3, 0.4) is 0 Å². The molecule has 2 atom stereocenters. The van der Waals surface area contributed by atoms with Gasteiger partial charge in [-0.3, -0.25) is 0 Å². The summed E-state index contributed by atoms with van der Waals surface area (Å²) in [4.78, 5) is 1.01. The van der Waals surface area contributed by atoms with E-state index in [1.54, 1.807) is 12.1 Å². The SMILES string of the molecule is CC1CCN(S(=O)(=O)CCSc2ccc(N)cc2)C1CO. The molecule has 2 rings (SSSR count). The molecule has 5 nitrogen and oxygen atoms in total. The number of aliphatic hydroxyl groups is 1. The molecule has 0 bridgehead atoms. The third-order valence-electron chi connectivity index (χ3n) is 3.87. The summed E-state index contributed by atoms with van der Waals surface area (Å²) in [6.45, 7) is 2.40. The quantitative estimate of drug-likeness (QED) is 0.608. The second kappa shape index (κ2) is 7.00. The summed E-state index contributed by atoms with van der Waals surface area (Å²) in [6.07, 6.45) is 0.815. The van der Waals surface area contributed by atoms with E-state index in [0.717, 1.165) is 11.3 Å². The predicted octanol–water partition coefficient (Wildman–Crippen LogP) is 1.39. The Hall–Kier alpha value is -0.760. The monoisotopic (exact) mass is 330 g/mol. The Bertz CT molecular complexity index is 560. The molecule has 1 aliphatic rings. The van der Waals surface area contributed by atoms with Gasteiger partial charge in [-0.05, 0) is 36.6 Å². The van der Waals surface area contributed by atoms with Gasteiger partial charge in [0.15, 0.2) is 0 Å². The molecule has 0 radical (unpaired) electrons. The minimum Gasteiger partial charge on any atom is -0.399 e. The topological polar surface area (TPSA) is 83.6 Å². The molecule has 118 valence electrons. The van der Waals surface area contributed by atoms with Crippen molar-refractivity contribution >= 4 is 27.5 Å². The maximum atomic E-state index is 12.4. The lowest BCUT2D eigenvalue weighted by molar-refractivity contribution is 0.191. The van der Waals surface area contributed by atoms with Gasteiger partial charge in [0.2, 0.25) is 10.0 Å². The second-order valence-corrected chi connectivity index (χ2v) is 8.57. The molecule has 0 amide bonds. The van der Waals surface area contributed by atoms with Gasteiger partial charge in [-0.1, -0.05) is 6.92 Å². The molecule has 0 saturated carbocycles. The Morgan fingerprint density at radius 1 is 1.38 bits per heavy atom. The number of nitrogens with two attached hydrogens (primary N) is 1. The summed E-state index contributed by atoms with van der Waals surface area (Å²) >= 11 is 1.50. The first kappa shape index (κ1) is 16.6. The Balaban J connectivity index is 1.91. The minimum atomic E-state index is -3.30. The van der Waals surface area contributed by atoms with Gasteiger partial charge in [-0.15, -0.1) is 11.8 Å². The van der Waals surface area contributed by atoms with Gasteiger partial charge >= 0.3 is 0 Å². The average molecular weight is 330 g/mol. The van der Waals surface area contributed by atoms with Crippen molar-refractivity contribution in [3.8, 4) is 0 Å². The molecule has 0 spiro atoms. The van der Waals surface area contributed by atoms with E-state index in [-0.39, 0.29) is 24.3 Å². The third kappa shape index (κ3) is 4.12. The van der Waals surface area contributed by atoms with Crippen LogP contribution in [0.1, 0.15) is 13.3 Å². The first-order valence-corrected chi connectivity index (χ1v) is 9.62.